The Bertz CT molecular complexity index is 1620. The number of rotatable bonds is 8. The molecular weight excluding hydrogens is 480 g/mol. The predicted octanol–water partition coefficient (Wildman–Crippen LogP) is 5.46. The average molecular weight is 507 g/mol. The molecule has 0 radical (unpaired) electrons. The molecule has 8 nitrogen and oxygen atoms in total. The molecule has 2 heterocycles. The van der Waals surface area contributed by atoms with Crippen LogP contribution in [-0.2, 0) is 16.1 Å². The van der Waals surface area contributed by atoms with Gasteiger partial charge in [0.05, 0.1) is 24.6 Å². The van der Waals surface area contributed by atoms with Gasteiger partial charge in [0.2, 0.25) is 5.91 Å². The average Bonchev–Trinajstić information content (AvgIpc) is 3.59. The fourth-order valence-corrected chi connectivity index (χ4v) is 4.25. The van der Waals surface area contributed by atoms with Gasteiger partial charge in [0.1, 0.15) is 0 Å². The number of anilines is 1. The molecule has 1 N–H and O–H groups in total. The molecule has 5 aromatic rings. The summed E-state index contributed by atoms with van der Waals surface area (Å²) in [5.74, 6) is 0.000947. The first-order valence-electron chi connectivity index (χ1n) is 12.0. The number of nitrogens with one attached hydrogen (secondary N) is 1. The number of nitrogens with zero attached hydrogens (tertiary/aromatic N) is 3. The molecule has 0 atom stereocenters. The smallest absolute Gasteiger partial charge is 0.308 e. The van der Waals surface area contributed by atoms with Crippen LogP contribution < -0.4 is 14.8 Å². The summed E-state index contributed by atoms with van der Waals surface area (Å²) < 4.78 is 14.5. The van der Waals surface area contributed by atoms with Crippen LogP contribution in [0.5, 0.6) is 11.5 Å². The SMILES string of the molecule is COc1ccc(/C=C/C(=O)Nc2cccc3ccn(Cc4ccc(-n5ccnc5)cc4)c23)cc1OC(C)=O. The molecule has 1 amide bonds. The number of hydrogen-bond donors (Lipinski definition) is 1. The normalized spacial score (nSPS) is 11.1. The lowest BCUT2D eigenvalue weighted by atomic mass is 10.1. The molecule has 38 heavy (non-hydrogen) atoms. The number of para-hydroxylation sites is 1. The van der Waals surface area contributed by atoms with Gasteiger partial charge >= 0.3 is 5.97 Å². The van der Waals surface area contributed by atoms with E-state index in [1.54, 1.807) is 36.8 Å². The highest BCUT2D eigenvalue weighted by atomic mass is 16.6. The summed E-state index contributed by atoms with van der Waals surface area (Å²) in [4.78, 5) is 28.3. The van der Waals surface area contributed by atoms with Gasteiger partial charge in [-0.1, -0.05) is 30.3 Å². The van der Waals surface area contributed by atoms with Gasteiger partial charge in [0, 0.05) is 49.2 Å². The number of carbonyl (C=O) groups excluding carboxylic acids is 2. The van der Waals surface area contributed by atoms with E-state index in [0.29, 0.717) is 29.3 Å². The van der Waals surface area contributed by atoms with Gasteiger partial charge in [0.15, 0.2) is 11.5 Å². The summed E-state index contributed by atoms with van der Waals surface area (Å²) >= 11 is 0. The van der Waals surface area contributed by atoms with Crippen molar-refractivity contribution in [1.82, 2.24) is 14.1 Å². The molecule has 0 aliphatic carbocycles. The van der Waals surface area contributed by atoms with Gasteiger partial charge in [-0.3, -0.25) is 9.59 Å². The highest BCUT2D eigenvalue weighted by molar-refractivity contribution is 6.07. The first kappa shape index (κ1) is 24.6. The topological polar surface area (TPSA) is 87.4 Å². The minimum Gasteiger partial charge on any atom is -0.493 e. The van der Waals surface area contributed by atoms with Gasteiger partial charge in [-0.15, -0.1) is 0 Å². The number of benzene rings is 3. The lowest BCUT2D eigenvalue weighted by molar-refractivity contribution is -0.132. The van der Waals surface area contributed by atoms with Crippen molar-refractivity contribution in [3.63, 3.8) is 0 Å². The highest BCUT2D eigenvalue weighted by Crippen LogP contribution is 2.29. The second-order valence-electron chi connectivity index (χ2n) is 8.65. The molecular formula is C30H26N4O4. The van der Waals surface area contributed by atoms with Gasteiger partial charge in [-0.2, -0.15) is 0 Å². The van der Waals surface area contributed by atoms with Crippen molar-refractivity contribution in [2.45, 2.75) is 13.5 Å². The Morgan fingerprint density at radius 2 is 1.84 bits per heavy atom. The first-order valence-corrected chi connectivity index (χ1v) is 12.0. The van der Waals surface area contributed by atoms with E-state index in [1.165, 1.54) is 20.1 Å². The Morgan fingerprint density at radius 1 is 1.00 bits per heavy atom. The minimum absolute atomic E-state index is 0.278. The molecule has 0 saturated carbocycles. The van der Waals surface area contributed by atoms with E-state index >= 15 is 0 Å². The number of fused-ring (bicyclic) bond motifs is 1. The maximum atomic E-state index is 12.8. The third kappa shape index (κ3) is 5.49. The molecule has 0 fully saturated rings. The Balaban J connectivity index is 1.33. The highest BCUT2D eigenvalue weighted by Gasteiger charge is 2.10. The van der Waals surface area contributed by atoms with Crippen LogP contribution >= 0.6 is 0 Å². The largest absolute Gasteiger partial charge is 0.493 e. The first-order chi connectivity index (χ1) is 18.5. The lowest BCUT2D eigenvalue weighted by Gasteiger charge is -2.11. The fourth-order valence-electron chi connectivity index (χ4n) is 4.25. The number of ether oxygens (including phenoxy) is 2. The molecule has 0 saturated heterocycles. The number of hydrogen-bond acceptors (Lipinski definition) is 5. The van der Waals surface area contributed by atoms with E-state index in [0.717, 1.165) is 22.2 Å². The zero-order chi connectivity index (χ0) is 26.5. The molecule has 0 unspecified atom stereocenters. The molecule has 190 valence electrons. The van der Waals surface area contributed by atoms with Crippen LogP contribution in [0.4, 0.5) is 5.69 Å². The molecule has 0 aliphatic rings. The van der Waals surface area contributed by atoms with Crippen molar-refractivity contribution in [3.8, 4) is 17.2 Å². The number of carbonyl (C=O) groups is 2. The fraction of sp³-hybridized carbons (Fsp3) is 0.100. The summed E-state index contributed by atoms with van der Waals surface area (Å²) in [6.45, 7) is 1.98. The number of esters is 1. The summed E-state index contributed by atoms with van der Waals surface area (Å²) in [5, 5.41) is 4.03. The van der Waals surface area contributed by atoms with Gasteiger partial charge < -0.3 is 23.9 Å². The van der Waals surface area contributed by atoms with E-state index in [-0.39, 0.29) is 5.91 Å². The van der Waals surface area contributed by atoms with Gasteiger partial charge in [-0.25, -0.2) is 4.98 Å². The van der Waals surface area contributed by atoms with Crippen molar-refractivity contribution in [1.29, 1.82) is 0 Å². The number of methoxy groups -OCH3 is 1. The van der Waals surface area contributed by atoms with Crippen LogP contribution in [-0.4, -0.2) is 33.1 Å². The monoisotopic (exact) mass is 506 g/mol. The van der Waals surface area contributed by atoms with Crippen LogP contribution in [0, 0.1) is 0 Å². The van der Waals surface area contributed by atoms with Gasteiger partial charge in [0.25, 0.3) is 0 Å². The molecule has 2 aromatic heterocycles. The standard InChI is InChI=1S/C30H26N4O4/c1-21(35)38-28-18-22(8-12-27(28)37-2)9-13-29(36)32-26-5-3-4-24-14-16-33(30(24)26)19-23-6-10-25(11-7-23)34-17-15-31-20-34/h3-18,20H,19H2,1-2H3,(H,32,36)/b13-9+. The maximum Gasteiger partial charge on any atom is 0.308 e. The van der Waals surface area contributed by atoms with E-state index in [1.807, 2.05) is 41.2 Å². The number of aromatic nitrogens is 3. The van der Waals surface area contributed by atoms with Crippen molar-refractivity contribution in [2.24, 2.45) is 0 Å². The van der Waals surface area contributed by atoms with Crippen LogP contribution in [0.3, 0.4) is 0 Å². The summed E-state index contributed by atoms with van der Waals surface area (Å²) in [6, 6.07) is 21.3. The summed E-state index contributed by atoms with van der Waals surface area (Å²) in [6.07, 6.45) is 10.6. The van der Waals surface area contributed by atoms with E-state index in [2.05, 4.69) is 39.1 Å². The summed E-state index contributed by atoms with van der Waals surface area (Å²) in [5.41, 5.74) is 4.52. The van der Waals surface area contributed by atoms with Crippen molar-refractivity contribution in [2.75, 3.05) is 12.4 Å². The van der Waals surface area contributed by atoms with Crippen LogP contribution in [0.1, 0.15) is 18.1 Å². The van der Waals surface area contributed by atoms with Gasteiger partial charge in [-0.05, 0) is 53.6 Å². The third-order valence-electron chi connectivity index (χ3n) is 6.01. The lowest BCUT2D eigenvalue weighted by Crippen LogP contribution is -2.10. The van der Waals surface area contributed by atoms with Crippen molar-refractivity contribution >= 4 is 34.5 Å². The molecule has 3 aromatic carbocycles. The molecule has 5 rings (SSSR count). The quantitative estimate of drug-likeness (QED) is 0.172. The second-order valence-corrected chi connectivity index (χ2v) is 8.65. The van der Waals surface area contributed by atoms with E-state index in [4.69, 9.17) is 9.47 Å². The molecule has 0 spiro atoms. The Kier molecular flexibility index (Phi) is 7.04. The molecule has 0 bridgehead atoms. The Morgan fingerprint density at radius 3 is 2.58 bits per heavy atom. The number of amides is 1. The Hall–Kier alpha value is -5.11. The van der Waals surface area contributed by atoms with Crippen molar-refractivity contribution in [3.05, 3.63) is 109 Å². The minimum atomic E-state index is -0.451. The summed E-state index contributed by atoms with van der Waals surface area (Å²) in [7, 11) is 1.50. The van der Waals surface area contributed by atoms with Crippen LogP contribution in [0.15, 0.2) is 97.7 Å². The maximum absolute atomic E-state index is 12.8. The molecule has 8 heteroatoms. The Labute approximate surface area is 219 Å². The zero-order valence-electron chi connectivity index (χ0n) is 21.0. The zero-order valence-corrected chi connectivity index (χ0v) is 21.0. The predicted molar refractivity (Wildman–Crippen MR) is 147 cm³/mol. The van der Waals surface area contributed by atoms with Crippen LogP contribution in [0.25, 0.3) is 22.7 Å². The second kappa shape index (κ2) is 10.9. The number of imidazole rings is 1. The van der Waals surface area contributed by atoms with Crippen LogP contribution in [0.2, 0.25) is 0 Å². The van der Waals surface area contributed by atoms with E-state index in [9.17, 15) is 9.59 Å². The third-order valence-corrected chi connectivity index (χ3v) is 6.01. The molecule has 0 aliphatic heterocycles. The van der Waals surface area contributed by atoms with E-state index < -0.39 is 5.97 Å². The van der Waals surface area contributed by atoms with Crippen molar-refractivity contribution < 1.29 is 19.1 Å².